The third kappa shape index (κ3) is 6.88. The number of ether oxygens (including phenoxy) is 1. The summed E-state index contributed by atoms with van der Waals surface area (Å²) in [5.74, 6) is 0.960. The maximum absolute atomic E-state index is 12.0. The van der Waals surface area contributed by atoms with Gasteiger partial charge in [-0.3, -0.25) is 9.79 Å². The van der Waals surface area contributed by atoms with Crippen molar-refractivity contribution in [2.45, 2.75) is 20.3 Å². The minimum atomic E-state index is -0.261. The quantitative estimate of drug-likeness (QED) is 0.263. The standard InChI is InChI=1S/C18H29N5O4.HI/c1-4-26-18(25)23-11-9-22(10-12-23)17(19-3)21-8-5-7-20-16(24)15-14(2)6-13-27-15;/h6,13H,4-5,7-12H2,1-3H3,(H,19,21)(H,20,24);1H. The number of nitrogens with one attached hydrogen (secondary N) is 2. The maximum Gasteiger partial charge on any atom is 0.409 e. The first-order chi connectivity index (χ1) is 13.1. The molecule has 0 aromatic carbocycles. The Labute approximate surface area is 182 Å². The van der Waals surface area contributed by atoms with E-state index in [9.17, 15) is 9.59 Å². The third-order valence-corrected chi connectivity index (χ3v) is 4.31. The van der Waals surface area contributed by atoms with Crippen LogP contribution in [-0.4, -0.2) is 80.7 Å². The number of rotatable bonds is 6. The van der Waals surface area contributed by atoms with E-state index >= 15 is 0 Å². The topological polar surface area (TPSA) is 99.4 Å². The van der Waals surface area contributed by atoms with E-state index in [0.29, 0.717) is 51.6 Å². The number of aliphatic imine (C=N–C) groups is 1. The van der Waals surface area contributed by atoms with Crippen LogP contribution < -0.4 is 10.6 Å². The van der Waals surface area contributed by atoms with Crippen LogP contribution in [0.5, 0.6) is 0 Å². The highest BCUT2D eigenvalue weighted by Crippen LogP contribution is 2.08. The summed E-state index contributed by atoms with van der Waals surface area (Å²) in [5, 5.41) is 6.14. The van der Waals surface area contributed by atoms with Gasteiger partial charge in [0.05, 0.1) is 12.9 Å². The van der Waals surface area contributed by atoms with E-state index in [1.165, 1.54) is 6.26 Å². The largest absolute Gasteiger partial charge is 0.459 e. The molecule has 1 saturated heterocycles. The number of guanidine groups is 1. The summed E-state index contributed by atoms with van der Waals surface area (Å²) in [5.41, 5.74) is 0.827. The second-order valence-electron chi connectivity index (χ2n) is 6.19. The number of amides is 2. The van der Waals surface area contributed by atoms with E-state index in [-0.39, 0.29) is 36.0 Å². The minimum absolute atomic E-state index is 0. The molecule has 2 rings (SSSR count). The predicted octanol–water partition coefficient (Wildman–Crippen LogP) is 1.68. The van der Waals surface area contributed by atoms with Gasteiger partial charge in [0.15, 0.2) is 11.7 Å². The highest BCUT2D eigenvalue weighted by molar-refractivity contribution is 14.0. The number of aryl methyl sites for hydroxylation is 1. The fraction of sp³-hybridized carbons (Fsp3) is 0.611. The number of hydrogen-bond donors (Lipinski definition) is 2. The molecule has 1 aliphatic rings. The number of halogens is 1. The fourth-order valence-corrected chi connectivity index (χ4v) is 2.82. The van der Waals surface area contributed by atoms with Crippen LogP contribution in [-0.2, 0) is 4.74 Å². The molecule has 2 heterocycles. The molecule has 1 aromatic rings. The van der Waals surface area contributed by atoms with Crippen molar-refractivity contribution in [3.05, 3.63) is 23.7 Å². The van der Waals surface area contributed by atoms with Crippen molar-refractivity contribution in [3.8, 4) is 0 Å². The number of carbonyl (C=O) groups is 2. The van der Waals surface area contributed by atoms with E-state index in [0.717, 1.165) is 17.9 Å². The van der Waals surface area contributed by atoms with Gasteiger partial charge >= 0.3 is 6.09 Å². The Morgan fingerprint density at radius 1 is 1.18 bits per heavy atom. The zero-order valence-electron chi connectivity index (χ0n) is 16.7. The molecular formula is C18H30IN5O4. The summed E-state index contributed by atoms with van der Waals surface area (Å²) in [4.78, 5) is 31.8. The highest BCUT2D eigenvalue weighted by Gasteiger charge is 2.23. The molecule has 1 aromatic heterocycles. The summed E-state index contributed by atoms with van der Waals surface area (Å²) < 4.78 is 10.2. The van der Waals surface area contributed by atoms with Gasteiger partial charge in [-0.15, -0.1) is 24.0 Å². The summed E-state index contributed by atoms with van der Waals surface area (Å²) >= 11 is 0. The second-order valence-corrected chi connectivity index (χ2v) is 6.19. The molecule has 2 amide bonds. The Morgan fingerprint density at radius 2 is 1.82 bits per heavy atom. The highest BCUT2D eigenvalue weighted by atomic mass is 127. The van der Waals surface area contributed by atoms with E-state index in [1.807, 2.05) is 6.92 Å². The maximum atomic E-state index is 12.0. The molecule has 158 valence electrons. The monoisotopic (exact) mass is 507 g/mol. The molecular weight excluding hydrogens is 477 g/mol. The van der Waals surface area contributed by atoms with Crippen LogP contribution in [0, 0.1) is 6.92 Å². The smallest absolute Gasteiger partial charge is 0.409 e. The molecule has 28 heavy (non-hydrogen) atoms. The third-order valence-electron chi connectivity index (χ3n) is 4.31. The summed E-state index contributed by atoms with van der Waals surface area (Å²) in [6.07, 6.45) is 2.01. The fourth-order valence-electron chi connectivity index (χ4n) is 2.82. The number of furan rings is 1. The number of carbonyl (C=O) groups excluding carboxylic acids is 2. The van der Waals surface area contributed by atoms with Gasteiger partial charge in [0.1, 0.15) is 0 Å². The molecule has 0 unspecified atom stereocenters. The van der Waals surface area contributed by atoms with Gasteiger partial charge in [0.25, 0.3) is 5.91 Å². The van der Waals surface area contributed by atoms with Crippen LogP contribution in [0.4, 0.5) is 4.79 Å². The SMILES string of the molecule is CCOC(=O)N1CCN(C(=NC)NCCCNC(=O)c2occc2C)CC1.I. The zero-order valence-corrected chi connectivity index (χ0v) is 19.0. The summed E-state index contributed by atoms with van der Waals surface area (Å²) in [7, 11) is 1.74. The molecule has 0 aliphatic carbocycles. The lowest BCUT2D eigenvalue weighted by Crippen LogP contribution is -2.54. The lowest BCUT2D eigenvalue weighted by molar-refractivity contribution is 0.0909. The van der Waals surface area contributed by atoms with Crippen LogP contribution >= 0.6 is 24.0 Å². The summed E-state index contributed by atoms with van der Waals surface area (Å²) in [6, 6.07) is 1.77. The Bertz CT molecular complexity index is 656. The van der Waals surface area contributed by atoms with Gasteiger partial charge in [-0.2, -0.15) is 0 Å². The van der Waals surface area contributed by atoms with Crippen LogP contribution in [0.15, 0.2) is 21.7 Å². The lowest BCUT2D eigenvalue weighted by atomic mass is 10.2. The first-order valence-electron chi connectivity index (χ1n) is 9.26. The van der Waals surface area contributed by atoms with Gasteiger partial charge in [0, 0.05) is 51.9 Å². The molecule has 10 heteroatoms. The van der Waals surface area contributed by atoms with Gasteiger partial charge in [-0.05, 0) is 26.3 Å². The van der Waals surface area contributed by atoms with Crippen LogP contribution in [0.25, 0.3) is 0 Å². The first kappa shape index (κ1) is 24.1. The van der Waals surface area contributed by atoms with Crippen molar-refractivity contribution in [1.82, 2.24) is 20.4 Å². The van der Waals surface area contributed by atoms with E-state index < -0.39 is 0 Å². The molecule has 0 atom stereocenters. The van der Waals surface area contributed by atoms with E-state index in [1.54, 1.807) is 24.9 Å². The second kappa shape index (κ2) is 12.5. The van der Waals surface area contributed by atoms with Crippen LogP contribution in [0.3, 0.4) is 0 Å². The first-order valence-corrected chi connectivity index (χ1v) is 9.26. The van der Waals surface area contributed by atoms with Gasteiger partial charge in [-0.1, -0.05) is 0 Å². The van der Waals surface area contributed by atoms with Crippen molar-refractivity contribution in [3.63, 3.8) is 0 Å². The molecule has 1 fully saturated rings. The number of hydrogen-bond acceptors (Lipinski definition) is 5. The van der Waals surface area contributed by atoms with Crippen molar-refractivity contribution < 1.29 is 18.7 Å². The van der Waals surface area contributed by atoms with Crippen molar-refractivity contribution in [1.29, 1.82) is 0 Å². The average molecular weight is 507 g/mol. The van der Waals surface area contributed by atoms with Crippen LogP contribution in [0.2, 0.25) is 0 Å². The van der Waals surface area contributed by atoms with Gasteiger partial charge in [-0.25, -0.2) is 4.79 Å². The molecule has 0 radical (unpaired) electrons. The normalized spacial score (nSPS) is 14.3. The molecule has 2 N–H and O–H groups in total. The molecule has 1 aliphatic heterocycles. The number of nitrogens with zero attached hydrogens (tertiary/aromatic N) is 3. The minimum Gasteiger partial charge on any atom is -0.459 e. The van der Waals surface area contributed by atoms with Crippen molar-refractivity contribution in [2.24, 2.45) is 4.99 Å². The molecule has 9 nitrogen and oxygen atoms in total. The summed E-state index contributed by atoms with van der Waals surface area (Å²) in [6.45, 7) is 7.88. The Kier molecular flexibility index (Phi) is 10.7. The van der Waals surface area contributed by atoms with Crippen LogP contribution in [0.1, 0.15) is 29.5 Å². The van der Waals surface area contributed by atoms with E-state index in [2.05, 4.69) is 20.5 Å². The molecule has 0 saturated carbocycles. The molecule has 0 bridgehead atoms. The average Bonchev–Trinajstić information content (AvgIpc) is 3.11. The lowest BCUT2D eigenvalue weighted by Gasteiger charge is -2.35. The van der Waals surface area contributed by atoms with Gasteiger partial charge < -0.3 is 29.6 Å². The van der Waals surface area contributed by atoms with Crippen molar-refractivity contribution >= 4 is 41.9 Å². The number of piperazine rings is 1. The Morgan fingerprint density at radius 3 is 2.39 bits per heavy atom. The Hall–Kier alpha value is -1.98. The van der Waals surface area contributed by atoms with E-state index in [4.69, 9.17) is 9.15 Å². The van der Waals surface area contributed by atoms with Gasteiger partial charge in [0.2, 0.25) is 0 Å². The predicted molar refractivity (Wildman–Crippen MR) is 117 cm³/mol. The molecule has 0 spiro atoms. The van der Waals surface area contributed by atoms with Crippen molar-refractivity contribution in [2.75, 3.05) is 52.9 Å². The zero-order chi connectivity index (χ0) is 19.6. The Balaban J connectivity index is 0.00000392.